The number of para-hydroxylation sites is 1. The summed E-state index contributed by atoms with van der Waals surface area (Å²) in [7, 11) is 0. The molecule has 0 bridgehead atoms. The Bertz CT molecular complexity index is 825. The number of rotatable bonds is 5. The highest BCUT2D eigenvalue weighted by atomic mass is 16.3. The summed E-state index contributed by atoms with van der Waals surface area (Å²) in [4.78, 5) is 12.4. The first kappa shape index (κ1) is 16.0. The van der Waals surface area contributed by atoms with Crippen molar-refractivity contribution in [3.63, 3.8) is 0 Å². The van der Waals surface area contributed by atoms with Gasteiger partial charge in [-0.3, -0.25) is 9.48 Å². The molecule has 0 aliphatic heterocycles. The fourth-order valence-corrected chi connectivity index (χ4v) is 2.51. The number of aliphatic hydroxyl groups is 1. The molecule has 0 unspecified atom stereocenters. The van der Waals surface area contributed by atoms with Gasteiger partial charge in [-0.1, -0.05) is 48.5 Å². The summed E-state index contributed by atoms with van der Waals surface area (Å²) >= 11 is 0. The van der Waals surface area contributed by atoms with E-state index < -0.39 is 6.10 Å². The predicted molar refractivity (Wildman–Crippen MR) is 92.8 cm³/mol. The molecule has 2 N–H and O–H groups in total. The monoisotopic (exact) mass is 321 g/mol. The number of anilines is 1. The minimum Gasteiger partial charge on any atom is -0.389 e. The normalized spacial score (nSPS) is 11.9. The second kappa shape index (κ2) is 7.10. The number of benzene rings is 2. The molecule has 1 heterocycles. The third-order valence-electron chi connectivity index (χ3n) is 3.74. The van der Waals surface area contributed by atoms with Crippen molar-refractivity contribution in [2.75, 3.05) is 5.32 Å². The maximum atomic E-state index is 12.4. The van der Waals surface area contributed by atoms with Gasteiger partial charge in [0.1, 0.15) is 0 Å². The van der Waals surface area contributed by atoms with Crippen molar-refractivity contribution >= 4 is 11.6 Å². The average Bonchev–Trinajstić information content (AvgIpc) is 3.05. The molecule has 0 spiro atoms. The molecule has 0 fully saturated rings. The lowest BCUT2D eigenvalue weighted by Gasteiger charge is -2.12. The van der Waals surface area contributed by atoms with Gasteiger partial charge in [-0.25, -0.2) is 0 Å². The van der Waals surface area contributed by atoms with Gasteiger partial charge in [-0.05, 0) is 18.6 Å². The Hall–Kier alpha value is -2.92. The van der Waals surface area contributed by atoms with E-state index >= 15 is 0 Å². The molecule has 0 aliphatic rings. The number of amides is 1. The Balaban J connectivity index is 1.73. The Labute approximate surface area is 140 Å². The summed E-state index contributed by atoms with van der Waals surface area (Å²) in [5.74, 6) is -0.248. The number of aliphatic hydroxyl groups excluding tert-OH is 1. The molecular weight excluding hydrogens is 302 g/mol. The first-order valence-electron chi connectivity index (χ1n) is 7.78. The Morgan fingerprint density at radius 2 is 1.88 bits per heavy atom. The molecule has 0 radical (unpaired) electrons. The summed E-state index contributed by atoms with van der Waals surface area (Å²) in [5, 5.41) is 16.9. The number of carbonyl (C=O) groups is 1. The van der Waals surface area contributed by atoms with Gasteiger partial charge >= 0.3 is 0 Å². The molecule has 0 aliphatic carbocycles. The van der Waals surface area contributed by atoms with E-state index in [0.29, 0.717) is 23.4 Å². The number of nitrogens with one attached hydrogen (secondary N) is 1. The minimum atomic E-state index is -0.651. The molecular formula is C19H19N3O2. The van der Waals surface area contributed by atoms with Crippen LogP contribution in [0.4, 0.5) is 5.69 Å². The lowest BCUT2D eigenvalue weighted by molar-refractivity contribution is 0.102. The summed E-state index contributed by atoms with van der Waals surface area (Å²) in [6, 6.07) is 17.1. The van der Waals surface area contributed by atoms with Gasteiger partial charge < -0.3 is 10.4 Å². The number of hydrogen-bond acceptors (Lipinski definition) is 3. The van der Waals surface area contributed by atoms with Crippen LogP contribution in [0.2, 0.25) is 0 Å². The van der Waals surface area contributed by atoms with E-state index in [-0.39, 0.29) is 5.91 Å². The van der Waals surface area contributed by atoms with Crippen LogP contribution in [-0.4, -0.2) is 20.8 Å². The molecule has 5 nitrogen and oxygen atoms in total. The SMILES string of the molecule is C[C@@H](O)c1ccccc1NC(=O)c1cnn(Cc2ccccc2)c1. The molecule has 1 atom stereocenters. The molecule has 1 amide bonds. The van der Waals surface area contributed by atoms with Gasteiger partial charge in [0, 0.05) is 17.4 Å². The molecule has 3 rings (SSSR count). The summed E-state index contributed by atoms with van der Waals surface area (Å²) < 4.78 is 1.73. The van der Waals surface area contributed by atoms with E-state index in [0.717, 1.165) is 5.56 Å². The molecule has 2 aromatic carbocycles. The molecule has 24 heavy (non-hydrogen) atoms. The van der Waals surface area contributed by atoms with Crippen LogP contribution in [0.25, 0.3) is 0 Å². The Kier molecular flexibility index (Phi) is 4.72. The molecule has 5 heteroatoms. The van der Waals surface area contributed by atoms with Gasteiger partial charge in [0.2, 0.25) is 0 Å². The number of carbonyl (C=O) groups excluding carboxylic acids is 1. The van der Waals surface area contributed by atoms with E-state index in [1.54, 1.807) is 36.1 Å². The van der Waals surface area contributed by atoms with E-state index in [1.807, 2.05) is 42.5 Å². The lowest BCUT2D eigenvalue weighted by Crippen LogP contribution is -2.13. The quantitative estimate of drug-likeness (QED) is 0.758. The van der Waals surface area contributed by atoms with Crippen LogP contribution in [0.3, 0.4) is 0 Å². The largest absolute Gasteiger partial charge is 0.389 e. The van der Waals surface area contributed by atoms with Gasteiger partial charge in [-0.2, -0.15) is 5.10 Å². The van der Waals surface area contributed by atoms with E-state index in [9.17, 15) is 9.90 Å². The zero-order valence-corrected chi connectivity index (χ0v) is 13.4. The molecule has 3 aromatic rings. The fourth-order valence-electron chi connectivity index (χ4n) is 2.51. The first-order chi connectivity index (χ1) is 11.6. The van der Waals surface area contributed by atoms with Crippen LogP contribution in [0, 0.1) is 0 Å². The summed E-state index contributed by atoms with van der Waals surface area (Å²) in [5.41, 5.74) is 2.88. The maximum absolute atomic E-state index is 12.4. The van der Waals surface area contributed by atoms with Crippen molar-refractivity contribution < 1.29 is 9.90 Å². The fraction of sp³-hybridized carbons (Fsp3) is 0.158. The highest BCUT2D eigenvalue weighted by Crippen LogP contribution is 2.22. The Morgan fingerprint density at radius 1 is 1.17 bits per heavy atom. The smallest absolute Gasteiger partial charge is 0.258 e. The molecule has 1 aromatic heterocycles. The third-order valence-corrected chi connectivity index (χ3v) is 3.74. The van der Waals surface area contributed by atoms with Crippen LogP contribution < -0.4 is 5.32 Å². The van der Waals surface area contributed by atoms with Crippen molar-refractivity contribution in [3.8, 4) is 0 Å². The predicted octanol–water partition coefficient (Wildman–Crippen LogP) is 3.24. The van der Waals surface area contributed by atoms with Gasteiger partial charge in [0.25, 0.3) is 5.91 Å². The van der Waals surface area contributed by atoms with Crippen molar-refractivity contribution in [2.24, 2.45) is 0 Å². The van der Waals surface area contributed by atoms with E-state index in [4.69, 9.17) is 0 Å². The van der Waals surface area contributed by atoms with Crippen LogP contribution in [0.5, 0.6) is 0 Å². The standard InChI is InChI=1S/C19H19N3O2/c1-14(23)17-9-5-6-10-18(17)21-19(24)16-11-20-22(13-16)12-15-7-3-2-4-8-15/h2-11,13-14,23H,12H2,1H3,(H,21,24)/t14-/m1/s1. The topological polar surface area (TPSA) is 67.2 Å². The number of nitrogens with zero attached hydrogens (tertiary/aromatic N) is 2. The molecule has 122 valence electrons. The van der Waals surface area contributed by atoms with Crippen LogP contribution in [-0.2, 0) is 6.54 Å². The zero-order chi connectivity index (χ0) is 16.9. The van der Waals surface area contributed by atoms with Gasteiger partial charge in [0.05, 0.1) is 24.4 Å². The van der Waals surface area contributed by atoms with E-state index in [2.05, 4.69) is 10.4 Å². The highest BCUT2D eigenvalue weighted by Gasteiger charge is 2.13. The minimum absolute atomic E-state index is 0.248. The first-order valence-corrected chi connectivity index (χ1v) is 7.78. The lowest BCUT2D eigenvalue weighted by atomic mass is 10.1. The maximum Gasteiger partial charge on any atom is 0.258 e. The molecule has 0 saturated carbocycles. The second-order valence-electron chi connectivity index (χ2n) is 5.63. The van der Waals surface area contributed by atoms with Crippen LogP contribution >= 0.6 is 0 Å². The van der Waals surface area contributed by atoms with Crippen molar-refractivity contribution in [2.45, 2.75) is 19.6 Å². The van der Waals surface area contributed by atoms with Crippen LogP contribution in [0.1, 0.15) is 34.5 Å². The van der Waals surface area contributed by atoms with E-state index in [1.165, 1.54) is 0 Å². The summed E-state index contributed by atoms with van der Waals surface area (Å²) in [6.45, 7) is 2.28. The van der Waals surface area contributed by atoms with Crippen molar-refractivity contribution in [1.29, 1.82) is 0 Å². The van der Waals surface area contributed by atoms with Crippen LogP contribution in [0.15, 0.2) is 67.0 Å². The third kappa shape index (κ3) is 3.70. The highest BCUT2D eigenvalue weighted by molar-refractivity contribution is 6.04. The average molecular weight is 321 g/mol. The number of aromatic nitrogens is 2. The number of hydrogen-bond donors (Lipinski definition) is 2. The van der Waals surface area contributed by atoms with Gasteiger partial charge in [-0.15, -0.1) is 0 Å². The second-order valence-corrected chi connectivity index (χ2v) is 5.63. The Morgan fingerprint density at radius 3 is 2.62 bits per heavy atom. The van der Waals surface area contributed by atoms with Crippen molar-refractivity contribution in [3.05, 3.63) is 83.7 Å². The van der Waals surface area contributed by atoms with Crippen molar-refractivity contribution in [1.82, 2.24) is 9.78 Å². The molecule has 0 saturated heterocycles. The summed E-state index contributed by atoms with van der Waals surface area (Å²) in [6.07, 6.45) is 2.61. The van der Waals surface area contributed by atoms with Gasteiger partial charge in [0.15, 0.2) is 0 Å². The zero-order valence-electron chi connectivity index (χ0n) is 13.4.